The number of carbonyl (C=O) groups excluding carboxylic acids is 2. The van der Waals surface area contributed by atoms with Crippen molar-refractivity contribution in [3.8, 4) is 0 Å². The van der Waals surface area contributed by atoms with Crippen molar-refractivity contribution >= 4 is 34.4 Å². The Hall–Kier alpha value is -1.46. The molecule has 0 amide bonds. The fourth-order valence-corrected chi connectivity index (χ4v) is 4.47. The average Bonchev–Trinajstić information content (AvgIpc) is 3.32. The Balaban J connectivity index is 2.23. The third-order valence-electron chi connectivity index (χ3n) is 4.22. The maximum absolute atomic E-state index is 12.7. The Morgan fingerprint density at radius 1 is 1.08 bits per heavy atom. The molecule has 0 aliphatic heterocycles. The van der Waals surface area contributed by atoms with Gasteiger partial charge in [0.15, 0.2) is 5.78 Å². The summed E-state index contributed by atoms with van der Waals surface area (Å²) in [5.74, 6) is -0.412. The largest absolute Gasteiger partial charge is 0.465 e. The molecule has 0 N–H and O–H groups in total. The molecule has 136 valence electrons. The minimum atomic E-state index is -0.255. The number of Topliss-reactive ketones (excluding diaryl/α,β-unsaturated/α-hetero) is 1. The van der Waals surface area contributed by atoms with Crippen molar-refractivity contribution in [2.75, 3.05) is 6.61 Å². The second-order valence-electron chi connectivity index (χ2n) is 6.14. The van der Waals surface area contributed by atoms with Gasteiger partial charge in [-0.15, -0.1) is 22.7 Å². The van der Waals surface area contributed by atoms with Crippen LogP contribution in [-0.4, -0.2) is 18.4 Å². The van der Waals surface area contributed by atoms with Crippen LogP contribution in [0.1, 0.15) is 66.4 Å². The van der Waals surface area contributed by atoms with Crippen molar-refractivity contribution in [3.05, 3.63) is 44.8 Å². The summed E-state index contributed by atoms with van der Waals surface area (Å²) < 4.78 is 5.46. The van der Waals surface area contributed by atoms with Gasteiger partial charge in [0, 0.05) is 17.2 Å². The summed E-state index contributed by atoms with van der Waals surface area (Å²) in [4.78, 5) is 27.2. The Bertz CT molecular complexity index is 632. The molecule has 5 heteroatoms. The van der Waals surface area contributed by atoms with E-state index in [9.17, 15) is 9.59 Å². The molecule has 0 aliphatic rings. The van der Waals surface area contributed by atoms with Crippen LogP contribution in [0.2, 0.25) is 0 Å². The van der Waals surface area contributed by atoms with Crippen molar-refractivity contribution < 1.29 is 14.3 Å². The van der Waals surface area contributed by atoms with E-state index in [0.717, 1.165) is 35.4 Å². The van der Waals surface area contributed by atoms with Gasteiger partial charge in [-0.1, -0.05) is 38.8 Å². The Morgan fingerprint density at radius 2 is 1.84 bits per heavy atom. The van der Waals surface area contributed by atoms with Crippen molar-refractivity contribution in [2.24, 2.45) is 5.92 Å². The maximum atomic E-state index is 12.7. The van der Waals surface area contributed by atoms with Crippen LogP contribution in [0.15, 0.2) is 35.0 Å². The molecule has 0 radical (unpaired) electrons. The van der Waals surface area contributed by atoms with Gasteiger partial charge in [0.2, 0.25) is 0 Å². The predicted octanol–water partition coefficient (Wildman–Crippen LogP) is 5.93. The molecule has 2 aromatic heterocycles. The topological polar surface area (TPSA) is 43.4 Å². The first kappa shape index (κ1) is 19.9. The zero-order chi connectivity index (χ0) is 18.1. The van der Waals surface area contributed by atoms with Crippen LogP contribution >= 0.6 is 22.7 Å². The fourth-order valence-electron chi connectivity index (χ4n) is 2.90. The van der Waals surface area contributed by atoms with E-state index in [1.807, 2.05) is 41.9 Å². The van der Waals surface area contributed by atoms with E-state index in [1.54, 1.807) is 11.3 Å². The van der Waals surface area contributed by atoms with Gasteiger partial charge in [0.25, 0.3) is 0 Å². The van der Waals surface area contributed by atoms with Crippen LogP contribution in [0.25, 0.3) is 0 Å². The monoisotopic (exact) mass is 378 g/mol. The Labute approximate surface area is 158 Å². The normalized spacial score (nSPS) is 13.4. The van der Waals surface area contributed by atoms with Crippen LogP contribution in [0.3, 0.4) is 0 Å². The minimum Gasteiger partial charge on any atom is -0.465 e. The molecular formula is C20H26O3S2. The zero-order valence-corrected chi connectivity index (χ0v) is 16.5. The molecule has 0 bridgehead atoms. The summed E-state index contributed by atoms with van der Waals surface area (Å²) in [6.45, 7) is 4.55. The van der Waals surface area contributed by atoms with Crippen LogP contribution < -0.4 is 0 Å². The van der Waals surface area contributed by atoms with Crippen molar-refractivity contribution in [3.63, 3.8) is 0 Å². The van der Waals surface area contributed by atoms with Crippen molar-refractivity contribution in [1.82, 2.24) is 0 Å². The van der Waals surface area contributed by atoms with Gasteiger partial charge in [-0.25, -0.2) is 0 Å². The van der Waals surface area contributed by atoms with E-state index >= 15 is 0 Å². The predicted molar refractivity (Wildman–Crippen MR) is 105 cm³/mol. The van der Waals surface area contributed by atoms with Crippen molar-refractivity contribution in [1.29, 1.82) is 0 Å². The molecule has 1 unspecified atom stereocenters. The SMILES string of the molecule is CCCCC(C(=O)OCCC)[C@H](CC(=O)c1cccs1)c1cccs1. The molecule has 3 nitrogen and oxygen atoms in total. The molecular weight excluding hydrogens is 352 g/mol. The Kier molecular flexibility index (Phi) is 8.35. The molecule has 0 saturated carbocycles. The molecule has 0 spiro atoms. The van der Waals surface area contributed by atoms with Gasteiger partial charge < -0.3 is 4.74 Å². The zero-order valence-electron chi connectivity index (χ0n) is 14.9. The Morgan fingerprint density at radius 3 is 2.44 bits per heavy atom. The lowest BCUT2D eigenvalue weighted by atomic mass is 9.83. The molecule has 0 aliphatic carbocycles. The number of unbranched alkanes of at least 4 members (excludes halogenated alkanes) is 1. The van der Waals surface area contributed by atoms with Crippen LogP contribution in [0.5, 0.6) is 0 Å². The number of esters is 1. The molecule has 0 fully saturated rings. The summed E-state index contributed by atoms with van der Waals surface area (Å²) >= 11 is 3.08. The number of hydrogen-bond donors (Lipinski definition) is 0. The number of rotatable bonds is 11. The highest BCUT2D eigenvalue weighted by Gasteiger charge is 2.33. The van der Waals surface area contributed by atoms with Gasteiger partial charge >= 0.3 is 5.97 Å². The molecule has 2 aromatic rings. The summed E-state index contributed by atoms with van der Waals surface area (Å²) in [6.07, 6.45) is 3.91. The molecule has 0 aromatic carbocycles. The number of ketones is 1. The summed E-state index contributed by atoms with van der Waals surface area (Å²) in [5.41, 5.74) is 0. The second kappa shape index (κ2) is 10.5. The lowest BCUT2D eigenvalue weighted by molar-refractivity contribution is -0.149. The average molecular weight is 379 g/mol. The van der Waals surface area contributed by atoms with Crippen LogP contribution in [0, 0.1) is 5.92 Å². The lowest BCUT2D eigenvalue weighted by Gasteiger charge is -2.24. The van der Waals surface area contributed by atoms with Crippen LogP contribution in [-0.2, 0) is 9.53 Å². The molecule has 2 rings (SSSR count). The highest BCUT2D eigenvalue weighted by molar-refractivity contribution is 7.12. The summed E-state index contributed by atoms with van der Waals surface area (Å²) in [6, 6.07) is 7.76. The quantitative estimate of drug-likeness (QED) is 0.360. The molecule has 25 heavy (non-hydrogen) atoms. The van der Waals surface area contributed by atoms with Gasteiger partial charge in [0.1, 0.15) is 0 Å². The molecule has 2 atom stereocenters. The lowest BCUT2D eigenvalue weighted by Crippen LogP contribution is -2.26. The second-order valence-corrected chi connectivity index (χ2v) is 8.07. The highest BCUT2D eigenvalue weighted by Crippen LogP contribution is 2.36. The van der Waals surface area contributed by atoms with Crippen molar-refractivity contribution in [2.45, 2.75) is 51.9 Å². The number of carbonyl (C=O) groups is 2. The van der Waals surface area contributed by atoms with Gasteiger partial charge in [-0.05, 0) is 35.7 Å². The van der Waals surface area contributed by atoms with Gasteiger partial charge in [-0.2, -0.15) is 0 Å². The van der Waals surface area contributed by atoms with E-state index < -0.39 is 0 Å². The van der Waals surface area contributed by atoms with E-state index in [0.29, 0.717) is 13.0 Å². The van der Waals surface area contributed by atoms with Gasteiger partial charge in [0.05, 0.1) is 17.4 Å². The first-order valence-corrected chi connectivity index (χ1v) is 10.7. The number of thiophene rings is 2. The highest BCUT2D eigenvalue weighted by atomic mass is 32.1. The van der Waals surface area contributed by atoms with Crippen LogP contribution in [0.4, 0.5) is 0 Å². The summed E-state index contributed by atoms with van der Waals surface area (Å²) in [5, 5.41) is 3.92. The first-order valence-electron chi connectivity index (χ1n) is 8.94. The number of ether oxygens (including phenoxy) is 1. The van der Waals surface area contributed by atoms with E-state index in [1.165, 1.54) is 11.3 Å². The first-order chi connectivity index (χ1) is 12.2. The fraction of sp³-hybridized carbons (Fsp3) is 0.500. The standard InChI is InChI=1S/C20H26O3S2/c1-3-5-8-15(20(22)23-11-4-2)16(18-9-6-12-24-18)14-17(21)19-10-7-13-25-19/h6-7,9-10,12-13,15-16H,3-5,8,11,14H2,1-2H3/t15?,16-/m0/s1. The van der Waals surface area contributed by atoms with Gasteiger partial charge in [-0.3, -0.25) is 9.59 Å². The molecule has 0 saturated heterocycles. The smallest absolute Gasteiger partial charge is 0.309 e. The van der Waals surface area contributed by atoms with E-state index in [-0.39, 0.29) is 23.6 Å². The summed E-state index contributed by atoms with van der Waals surface area (Å²) in [7, 11) is 0. The molecule has 2 heterocycles. The van der Waals surface area contributed by atoms with E-state index in [2.05, 4.69) is 6.92 Å². The maximum Gasteiger partial charge on any atom is 0.309 e. The minimum absolute atomic E-state index is 0.106. The third kappa shape index (κ3) is 5.79. The third-order valence-corrected chi connectivity index (χ3v) is 6.13. The number of hydrogen-bond acceptors (Lipinski definition) is 5. The van der Waals surface area contributed by atoms with E-state index in [4.69, 9.17) is 4.74 Å².